The van der Waals surface area contributed by atoms with Gasteiger partial charge in [0.2, 0.25) is 0 Å². The third kappa shape index (κ3) is 1.28. The summed E-state index contributed by atoms with van der Waals surface area (Å²) in [6.45, 7) is 0.655. The number of ketones is 1. The number of hydrogen-bond donors (Lipinski definition) is 2. The molecule has 0 aromatic heterocycles. The van der Waals surface area contributed by atoms with Crippen molar-refractivity contribution in [3.8, 4) is 5.75 Å². The van der Waals surface area contributed by atoms with Crippen molar-refractivity contribution in [3.63, 3.8) is 0 Å². The minimum absolute atomic E-state index is 0.115. The summed E-state index contributed by atoms with van der Waals surface area (Å²) in [4.78, 5) is 11.6. The Hall–Kier alpha value is -1.71. The van der Waals surface area contributed by atoms with Gasteiger partial charge in [-0.3, -0.25) is 4.79 Å². The van der Waals surface area contributed by atoms with Crippen LogP contribution in [-0.4, -0.2) is 19.4 Å². The Morgan fingerprint density at radius 1 is 1.50 bits per heavy atom. The first-order valence-electron chi connectivity index (χ1n) is 4.47. The molecule has 14 heavy (non-hydrogen) atoms. The number of rotatable bonds is 1. The molecule has 0 unspecified atom stereocenters. The second kappa shape index (κ2) is 3.21. The number of hydrogen-bond acceptors (Lipinski definition) is 4. The van der Waals surface area contributed by atoms with Crippen molar-refractivity contribution < 1.29 is 9.53 Å². The van der Waals surface area contributed by atoms with Crippen LogP contribution in [0.5, 0.6) is 5.75 Å². The van der Waals surface area contributed by atoms with Gasteiger partial charge in [-0.15, -0.1) is 0 Å². The lowest BCUT2D eigenvalue weighted by atomic mass is 10.0. The van der Waals surface area contributed by atoms with Crippen molar-refractivity contribution in [3.05, 3.63) is 17.7 Å². The van der Waals surface area contributed by atoms with E-state index in [0.29, 0.717) is 30.0 Å². The van der Waals surface area contributed by atoms with Gasteiger partial charge in [-0.25, -0.2) is 0 Å². The van der Waals surface area contributed by atoms with Gasteiger partial charge in [-0.05, 0) is 6.07 Å². The van der Waals surface area contributed by atoms with Gasteiger partial charge < -0.3 is 15.8 Å². The molecule has 0 aliphatic carbocycles. The number of nitrogens with two attached hydrogens (primary N) is 1. The standard InChI is InChI=1S/C10H12N2O2/c1-14-6-4-7-9(13)2-3-12-10(7)8(11)5-6/h4-5,12H,2-3,11H2,1H3. The van der Waals surface area contributed by atoms with E-state index in [0.717, 1.165) is 5.69 Å². The molecule has 1 aromatic carbocycles. The van der Waals surface area contributed by atoms with Crippen molar-refractivity contribution in [2.45, 2.75) is 6.42 Å². The number of benzene rings is 1. The molecule has 4 heteroatoms. The summed E-state index contributed by atoms with van der Waals surface area (Å²) in [5.41, 5.74) is 7.72. The first-order valence-corrected chi connectivity index (χ1v) is 4.47. The number of ether oxygens (including phenoxy) is 1. The van der Waals surface area contributed by atoms with E-state index in [1.165, 1.54) is 0 Å². The molecule has 0 radical (unpaired) electrons. The zero-order valence-electron chi connectivity index (χ0n) is 7.96. The Morgan fingerprint density at radius 2 is 2.29 bits per heavy atom. The summed E-state index contributed by atoms with van der Waals surface area (Å²) in [6, 6.07) is 3.44. The second-order valence-corrected chi connectivity index (χ2v) is 3.24. The summed E-state index contributed by atoms with van der Waals surface area (Å²) in [6.07, 6.45) is 0.513. The number of methoxy groups -OCH3 is 1. The van der Waals surface area contributed by atoms with Crippen LogP contribution in [0.15, 0.2) is 12.1 Å². The average Bonchev–Trinajstić information content (AvgIpc) is 2.19. The number of carbonyl (C=O) groups is 1. The van der Waals surface area contributed by atoms with Gasteiger partial charge in [0.25, 0.3) is 0 Å². The largest absolute Gasteiger partial charge is 0.497 e. The molecule has 0 atom stereocenters. The molecule has 4 nitrogen and oxygen atoms in total. The summed E-state index contributed by atoms with van der Waals surface area (Å²) >= 11 is 0. The molecule has 1 aliphatic heterocycles. The van der Waals surface area contributed by atoms with Crippen LogP contribution in [-0.2, 0) is 0 Å². The van der Waals surface area contributed by atoms with Crippen LogP contribution in [0.4, 0.5) is 11.4 Å². The van der Waals surface area contributed by atoms with Crippen LogP contribution in [0, 0.1) is 0 Å². The van der Waals surface area contributed by atoms with Crippen LogP contribution in [0.3, 0.4) is 0 Å². The summed E-state index contributed by atoms with van der Waals surface area (Å²) < 4.78 is 5.05. The first-order chi connectivity index (χ1) is 6.72. The van der Waals surface area contributed by atoms with Crippen molar-refractivity contribution in [2.75, 3.05) is 24.7 Å². The summed E-state index contributed by atoms with van der Waals surface area (Å²) in [5.74, 6) is 0.739. The van der Waals surface area contributed by atoms with Crippen LogP contribution < -0.4 is 15.8 Å². The molecular formula is C10H12N2O2. The molecule has 0 saturated carbocycles. The van der Waals surface area contributed by atoms with Crippen molar-refractivity contribution in [1.82, 2.24) is 0 Å². The molecule has 1 aliphatic rings. The quantitative estimate of drug-likeness (QED) is 0.658. The predicted octanol–water partition coefficient (Wildman–Crippen LogP) is 1.28. The molecule has 0 saturated heterocycles. The summed E-state index contributed by atoms with van der Waals surface area (Å²) in [5, 5.41) is 3.11. The molecule has 0 bridgehead atoms. The maximum atomic E-state index is 11.6. The Bertz CT molecular complexity index is 388. The molecular weight excluding hydrogens is 180 g/mol. The number of fused-ring (bicyclic) bond motifs is 1. The van der Waals surface area contributed by atoms with E-state index in [1.807, 2.05) is 0 Å². The number of nitrogen functional groups attached to an aromatic ring is 1. The lowest BCUT2D eigenvalue weighted by Gasteiger charge is -2.19. The average molecular weight is 192 g/mol. The molecule has 3 N–H and O–H groups in total. The fraction of sp³-hybridized carbons (Fsp3) is 0.300. The monoisotopic (exact) mass is 192 g/mol. The van der Waals surface area contributed by atoms with Crippen LogP contribution in [0.25, 0.3) is 0 Å². The molecule has 1 aromatic rings. The maximum Gasteiger partial charge on any atom is 0.166 e. The van der Waals surface area contributed by atoms with Crippen molar-refractivity contribution >= 4 is 17.2 Å². The van der Waals surface area contributed by atoms with Gasteiger partial charge in [-0.2, -0.15) is 0 Å². The Balaban J connectivity index is 2.57. The SMILES string of the molecule is COc1cc(N)c2c(c1)C(=O)CCN2. The number of nitrogens with one attached hydrogen (secondary N) is 1. The van der Waals surface area contributed by atoms with Crippen molar-refractivity contribution in [2.24, 2.45) is 0 Å². The van der Waals surface area contributed by atoms with E-state index in [2.05, 4.69) is 5.32 Å². The van der Waals surface area contributed by atoms with E-state index in [9.17, 15) is 4.79 Å². The van der Waals surface area contributed by atoms with Crippen LogP contribution >= 0.6 is 0 Å². The normalized spacial score (nSPS) is 14.5. The fourth-order valence-electron chi connectivity index (χ4n) is 1.61. The lowest BCUT2D eigenvalue weighted by Crippen LogP contribution is -2.19. The second-order valence-electron chi connectivity index (χ2n) is 3.24. The van der Waals surface area contributed by atoms with Gasteiger partial charge in [0.05, 0.1) is 18.5 Å². The highest BCUT2D eigenvalue weighted by Gasteiger charge is 2.19. The molecule has 0 fully saturated rings. The highest BCUT2D eigenvalue weighted by molar-refractivity contribution is 6.06. The van der Waals surface area contributed by atoms with Gasteiger partial charge in [-0.1, -0.05) is 0 Å². The minimum Gasteiger partial charge on any atom is -0.497 e. The van der Waals surface area contributed by atoms with E-state index >= 15 is 0 Å². The first kappa shape index (κ1) is 8.87. The van der Waals surface area contributed by atoms with E-state index in [1.54, 1.807) is 19.2 Å². The predicted molar refractivity (Wildman–Crippen MR) is 54.8 cm³/mol. The molecule has 0 amide bonds. The molecule has 1 heterocycles. The third-order valence-electron chi connectivity index (χ3n) is 2.33. The molecule has 0 spiro atoms. The van der Waals surface area contributed by atoms with Gasteiger partial charge >= 0.3 is 0 Å². The third-order valence-corrected chi connectivity index (χ3v) is 2.33. The molecule has 2 rings (SSSR count). The van der Waals surface area contributed by atoms with E-state index < -0.39 is 0 Å². The van der Waals surface area contributed by atoms with Gasteiger partial charge in [0, 0.05) is 24.6 Å². The van der Waals surface area contributed by atoms with Crippen LogP contribution in [0.1, 0.15) is 16.8 Å². The smallest absolute Gasteiger partial charge is 0.166 e. The number of Topliss-reactive ketones (excluding diaryl/α,β-unsaturated/α-hetero) is 1. The van der Waals surface area contributed by atoms with Crippen LogP contribution in [0.2, 0.25) is 0 Å². The van der Waals surface area contributed by atoms with Gasteiger partial charge in [0.1, 0.15) is 5.75 Å². The van der Waals surface area contributed by atoms with Gasteiger partial charge in [0.15, 0.2) is 5.78 Å². The maximum absolute atomic E-state index is 11.6. The Kier molecular flexibility index (Phi) is 2.04. The highest BCUT2D eigenvalue weighted by Crippen LogP contribution is 2.32. The fourth-order valence-corrected chi connectivity index (χ4v) is 1.61. The highest BCUT2D eigenvalue weighted by atomic mass is 16.5. The Labute approximate surface area is 82.1 Å². The number of anilines is 2. The topological polar surface area (TPSA) is 64.3 Å². The Morgan fingerprint density at radius 3 is 3.00 bits per heavy atom. The van der Waals surface area contributed by atoms with Crippen molar-refractivity contribution in [1.29, 1.82) is 0 Å². The van der Waals surface area contributed by atoms with E-state index in [-0.39, 0.29) is 5.78 Å². The van der Waals surface area contributed by atoms with E-state index in [4.69, 9.17) is 10.5 Å². The minimum atomic E-state index is 0.115. The zero-order valence-corrected chi connectivity index (χ0v) is 7.96. The number of carbonyl (C=O) groups excluding carboxylic acids is 1. The molecule has 74 valence electrons. The summed E-state index contributed by atoms with van der Waals surface area (Å²) in [7, 11) is 1.56. The zero-order chi connectivity index (χ0) is 10.1. The lowest BCUT2D eigenvalue weighted by molar-refractivity contribution is 0.0983.